The highest BCUT2D eigenvalue weighted by molar-refractivity contribution is 7.15. The molecule has 1 saturated heterocycles. The van der Waals surface area contributed by atoms with Crippen molar-refractivity contribution in [3.63, 3.8) is 0 Å². The molecule has 1 N–H and O–H groups in total. The monoisotopic (exact) mass is 356 g/mol. The molecule has 25 heavy (non-hydrogen) atoms. The van der Waals surface area contributed by atoms with Gasteiger partial charge in [0.2, 0.25) is 0 Å². The first-order valence-electron chi connectivity index (χ1n) is 8.80. The number of carbonyl (C=O) groups excluding carboxylic acids is 2. The molecule has 0 bridgehead atoms. The number of nitrogens with zero attached hydrogens (tertiary/aromatic N) is 1. The lowest BCUT2D eigenvalue weighted by atomic mass is 10.0. The van der Waals surface area contributed by atoms with Crippen molar-refractivity contribution in [3.05, 3.63) is 57.8 Å². The zero-order valence-electron chi connectivity index (χ0n) is 14.5. The van der Waals surface area contributed by atoms with E-state index < -0.39 is 0 Å². The maximum absolute atomic E-state index is 12.4. The molecule has 1 fully saturated rings. The molecule has 1 aromatic heterocycles. The molecule has 3 rings (SSSR count). The summed E-state index contributed by atoms with van der Waals surface area (Å²) in [5, 5.41) is 3.13. The van der Waals surface area contributed by atoms with Gasteiger partial charge in [-0.05, 0) is 50.4 Å². The van der Waals surface area contributed by atoms with Crippen LogP contribution in [-0.4, -0.2) is 42.3 Å². The van der Waals surface area contributed by atoms with Gasteiger partial charge in [-0.25, -0.2) is 0 Å². The van der Waals surface area contributed by atoms with Crippen molar-refractivity contribution in [2.75, 3.05) is 19.6 Å². The second kappa shape index (κ2) is 8.41. The van der Waals surface area contributed by atoms with Crippen LogP contribution >= 0.6 is 11.3 Å². The van der Waals surface area contributed by atoms with Gasteiger partial charge in [0, 0.05) is 19.1 Å². The van der Waals surface area contributed by atoms with E-state index in [1.54, 1.807) is 12.1 Å². The van der Waals surface area contributed by atoms with Crippen LogP contribution in [0.2, 0.25) is 0 Å². The molecule has 2 aromatic rings. The number of ketones is 1. The number of thiophene rings is 1. The second-order valence-corrected chi connectivity index (χ2v) is 7.65. The number of hydrogen-bond acceptors (Lipinski definition) is 4. The van der Waals surface area contributed by atoms with Crippen molar-refractivity contribution >= 4 is 23.0 Å². The Hall–Kier alpha value is -1.98. The summed E-state index contributed by atoms with van der Waals surface area (Å²) in [6.07, 6.45) is 3.15. The Morgan fingerprint density at radius 3 is 2.64 bits per heavy atom. The summed E-state index contributed by atoms with van der Waals surface area (Å²) in [7, 11) is 0. The summed E-state index contributed by atoms with van der Waals surface area (Å²) >= 11 is 1.27. The third kappa shape index (κ3) is 5.00. The van der Waals surface area contributed by atoms with E-state index in [9.17, 15) is 9.59 Å². The summed E-state index contributed by atoms with van der Waals surface area (Å²) in [5.41, 5.74) is 1.35. The first-order chi connectivity index (χ1) is 12.1. The number of piperidine rings is 1. The number of carbonyl (C=O) groups is 2. The van der Waals surface area contributed by atoms with Crippen LogP contribution in [0.1, 0.15) is 44.7 Å². The molecule has 132 valence electrons. The van der Waals surface area contributed by atoms with E-state index in [4.69, 9.17) is 0 Å². The Kier molecular flexibility index (Phi) is 6.00. The lowest BCUT2D eigenvalue weighted by molar-refractivity contribution is 0.0908. The molecule has 1 amide bonds. The lowest BCUT2D eigenvalue weighted by Gasteiger charge is -2.33. The van der Waals surface area contributed by atoms with Gasteiger partial charge in [0.05, 0.1) is 9.75 Å². The fourth-order valence-electron chi connectivity index (χ4n) is 3.21. The minimum absolute atomic E-state index is 0.00815. The normalized spacial score (nSPS) is 18.0. The van der Waals surface area contributed by atoms with E-state index in [1.165, 1.54) is 23.8 Å². The Bertz CT molecular complexity index is 726. The van der Waals surface area contributed by atoms with Crippen LogP contribution in [0.15, 0.2) is 42.5 Å². The van der Waals surface area contributed by atoms with Gasteiger partial charge in [-0.15, -0.1) is 11.3 Å². The quantitative estimate of drug-likeness (QED) is 0.807. The number of benzene rings is 1. The SMILES string of the molecule is CC(=O)c1ccc(C(=O)N[C@H]2CCCN(CCc3ccccc3)C2)s1. The zero-order valence-corrected chi connectivity index (χ0v) is 15.3. The maximum Gasteiger partial charge on any atom is 0.261 e. The van der Waals surface area contributed by atoms with Crippen molar-refractivity contribution < 1.29 is 9.59 Å². The lowest BCUT2D eigenvalue weighted by Crippen LogP contribution is -2.48. The van der Waals surface area contributed by atoms with E-state index in [0.29, 0.717) is 9.75 Å². The molecule has 0 aliphatic carbocycles. The van der Waals surface area contributed by atoms with E-state index in [0.717, 1.165) is 38.9 Å². The summed E-state index contributed by atoms with van der Waals surface area (Å²) in [4.78, 5) is 27.5. The van der Waals surface area contributed by atoms with Crippen LogP contribution in [0.4, 0.5) is 0 Å². The summed E-state index contributed by atoms with van der Waals surface area (Å²) in [6, 6.07) is 14.2. The van der Waals surface area contributed by atoms with Crippen LogP contribution in [0.25, 0.3) is 0 Å². The van der Waals surface area contributed by atoms with Crippen molar-refractivity contribution in [1.29, 1.82) is 0 Å². The smallest absolute Gasteiger partial charge is 0.261 e. The molecule has 0 radical (unpaired) electrons. The fraction of sp³-hybridized carbons (Fsp3) is 0.400. The number of rotatable bonds is 6. The third-order valence-corrected chi connectivity index (χ3v) is 5.76. The van der Waals surface area contributed by atoms with Crippen LogP contribution in [0.3, 0.4) is 0 Å². The summed E-state index contributed by atoms with van der Waals surface area (Å²) in [6.45, 7) is 4.53. The third-order valence-electron chi connectivity index (χ3n) is 4.58. The molecule has 2 heterocycles. The number of nitrogens with one attached hydrogen (secondary N) is 1. The van der Waals surface area contributed by atoms with Gasteiger partial charge in [-0.1, -0.05) is 30.3 Å². The first-order valence-corrected chi connectivity index (χ1v) is 9.61. The van der Waals surface area contributed by atoms with Crippen molar-refractivity contribution in [3.8, 4) is 0 Å². The molecule has 0 saturated carbocycles. The van der Waals surface area contributed by atoms with Gasteiger partial charge in [0.1, 0.15) is 0 Å². The fourth-order valence-corrected chi connectivity index (χ4v) is 4.02. The van der Waals surface area contributed by atoms with E-state index in [1.807, 2.05) is 6.07 Å². The number of amides is 1. The van der Waals surface area contributed by atoms with Crippen LogP contribution in [-0.2, 0) is 6.42 Å². The number of Topliss-reactive ketones (excluding diaryl/α,β-unsaturated/α-hetero) is 1. The molecule has 4 nitrogen and oxygen atoms in total. The van der Waals surface area contributed by atoms with Crippen LogP contribution < -0.4 is 5.32 Å². The second-order valence-electron chi connectivity index (χ2n) is 6.57. The largest absolute Gasteiger partial charge is 0.347 e. The predicted molar refractivity (Wildman–Crippen MR) is 101 cm³/mol. The van der Waals surface area contributed by atoms with Crippen LogP contribution in [0, 0.1) is 0 Å². The Morgan fingerprint density at radius 2 is 1.92 bits per heavy atom. The average molecular weight is 356 g/mol. The van der Waals surface area contributed by atoms with Crippen molar-refractivity contribution in [1.82, 2.24) is 10.2 Å². The Morgan fingerprint density at radius 1 is 1.16 bits per heavy atom. The maximum atomic E-state index is 12.4. The first kappa shape index (κ1) is 17.8. The van der Waals surface area contributed by atoms with Gasteiger partial charge in [-0.3, -0.25) is 9.59 Å². The average Bonchev–Trinajstić information content (AvgIpc) is 3.12. The predicted octanol–water partition coefficient (Wildman–Crippen LogP) is 3.39. The van der Waals surface area contributed by atoms with Crippen molar-refractivity contribution in [2.24, 2.45) is 0 Å². The van der Waals surface area contributed by atoms with E-state index in [-0.39, 0.29) is 17.7 Å². The number of likely N-dealkylation sites (tertiary alicyclic amines) is 1. The molecule has 1 aromatic carbocycles. The molecule has 1 atom stereocenters. The molecule has 0 unspecified atom stereocenters. The molecule has 5 heteroatoms. The van der Waals surface area contributed by atoms with Gasteiger partial charge in [0.15, 0.2) is 5.78 Å². The minimum Gasteiger partial charge on any atom is -0.347 e. The highest BCUT2D eigenvalue weighted by Crippen LogP contribution is 2.18. The Balaban J connectivity index is 1.50. The highest BCUT2D eigenvalue weighted by atomic mass is 32.1. The molecule has 1 aliphatic rings. The summed E-state index contributed by atoms with van der Waals surface area (Å²) in [5.74, 6) is -0.0544. The van der Waals surface area contributed by atoms with E-state index >= 15 is 0 Å². The Labute approximate surface area is 152 Å². The summed E-state index contributed by atoms with van der Waals surface area (Å²) < 4.78 is 0. The standard InChI is InChI=1S/C20H24N2O2S/c1-15(23)18-9-10-19(25-18)20(24)21-17-8-5-12-22(14-17)13-11-16-6-3-2-4-7-16/h2-4,6-7,9-10,17H,5,8,11-14H2,1H3,(H,21,24)/t17-/m0/s1. The van der Waals surface area contributed by atoms with Crippen LogP contribution in [0.5, 0.6) is 0 Å². The van der Waals surface area contributed by atoms with Gasteiger partial charge >= 0.3 is 0 Å². The van der Waals surface area contributed by atoms with Crippen molar-refractivity contribution in [2.45, 2.75) is 32.2 Å². The zero-order chi connectivity index (χ0) is 17.6. The molecular weight excluding hydrogens is 332 g/mol. The van der Waals surface area contributed by atoms with E-state index in [2.05, 4.69) is 34.5 Å². The highest BCUT2D eigenvalue weighted by Gasteiger charge is 2.22. The number of hydrogen-bond donors (Lipinski definition) is 1. The minimum atomic E-state index is -0.0626. The topological polar surface area (TPSA) is 49.4 Å². The molecule has 1 aliphatic heterocycles. The van der Waals surface area contributed by atoms with Gasteiger partial charge in [0.25, 0.3) is 5.91 Å². The van der Waals surface area contributed by atoms with Gasteiger partial charge < -0.3 is 10.2 Å². The molecular formula is C20H24N2O2S. The molecule has 0 spiro atoms. The van der Waals surface area contributed by atoms with Gasteiger partial charge in [-0.2, -0.15) is 0 Å².